The van der Waals surface area contributed by atoms with Gasteiger partial charge in [-0.05, 0) is 40.1 Å². The molecule has 0 radical (unpaired) electrons. The molecule has 114 valence electrons. The second kappa shape index (κ2) is 5.91. The van der Waals surface area contributed by atoms with E-state index in [1.807, 2.05) is 0 Å². The van der Waals surface area contributed by atoms with E-state index >= 15 is 0 Å². The first-order valence-electron chi connectivity index (χ1n) is 6.13. The number of hydrogen-bond acceptors (Lipinski definition) is 6. The van der Waals surface area contributed by atoms with E-state index in [2.05, 4.69) is 20.2 Å². The number of tetrazole rings is 1. The number of aromatic nitrogens is 4. The quantitative estimate of drug-likeness (QED) is 0.758. The van der Waals surface area contributed by atoms with Crippen molar-refractivity contribution in [3.63, 3.8) is 0 Å². The third-order valence-corrected chi connectivity index (χ3v) is 5.57. The summed E-state index contributed by atoms with van der Waals surface area (Å²) < 4.78 is 41.3. The minimum absolute atomic E-state index is 0.107. The van der Waals surface area contributed by atoms with Crippen molar-refractivity contribution in [2.75, 3.05) is 0 Å². The third-order valence-electron chi connectivity index (χ3n) is 2.77. The molecule has 3 rings (SSSR count). The fourth-order valence-electron chi connectivity index (χ4n) is 1.77. The fourth-order valence-corrected chi connectivity index (χ4v) is 3.79. The Bertz CT molecular complexity index is 877. The molecule has 0 unspecified atom stereocenters. The molecule has 0 atom stereocenters. The Kier molecular flexibility index (Phi) is 3.96. The van der Waals surface area contributed by atoms with Crippen molar-refractivity contribution in [1.82, 2.24) is 24.9 Å². The van der Waals surface area contributed by atoms with Gasteiger partial charge in [0.1, 0.15) is 10.0 Å². The minimum Gasteiger partial charge on any atom is -0.207 e. The highest BCUT2D eigenvalue weighted by atomic mass is 32.2. The van der Waals surface area contributed by atoms with E-state index in [1.54, 1.807) is 17.5 Å². The summed E-state index contributed by atoms with van der Waals surface area (Å²) in [7, 11) is -3.61. The van der Waals surface area contributed by atoms with Gasteiger partial charge in [0, 0.05) is 0 Å². The Morgan fingerprint density at radius 2 is 2.14 bits per heavy atom. The van der Waals surface area contributed by atoms with E-state index in [1.165, 1.54) is 28.9 Å². The highest BCUT2D eigenvalue weighted by Crippen LogP contribution is 2.16. The van der Waals surface area contributed by atoms with E-state index in [0.717, 1.165) is 11.3 Å². The van der Waals surface area contributed by atoms with Crippen molar-refractivity contribution in [2.24, 2.45) is 0 Å². The van der Waals surface area contributed by atoms with E-state index in [4.69, 9.17) is 0 Å². The zero-order valence-electron chi connectivity index (χ0n) is 11.0. The smallest absolute Gasteiger partial charge is 0.207 e. The van der Waals surface area contributed by atoms with Gasteiger partial charge in [0.25, 0.3) is 0 Å². The van der Waals surface area contributed by atoms with Gasteiger partial charge in [-0.3, -0.25) is 0 Å². The van der Waals surface area contributed by atoms with Crippen LogP contribution in [0.15, 0.2) is 46.0 Å². The van der Waals surface area contributed by atoms with Crippen molar-refractivity contribution < 1.29 is 12.8 Å². The lowest BCUT2D eigenvalue weighted by molar-refractivity contribution is 0.579. The largest absolute Gasteiger partial charge is 0.250 e. The van der Waals surface area contributed by atoms with Crippen LogP contribution in [0.25, 0.3) is 5.69 Å². The van der Waals surface area contributed by atoms with Gasteiger partial charge in [-0.25, -0.2) is 17.5 Å². The highest BCUT2D eigenvalue weighted by Gasteiger charge is 2.17. The van der Waals surface area contributed by atoms with Crippen molar-refractivity contribution >= 4 is 21.4 Å². The van der Waals surface area contributed by atoms with Crippen LogP contribution in [0.3, 0.4) is 0 Å². The molecule has 0 saturated heterocycles. The number of halogens is 1. The first kappa shape index (κ1) is 14.8. The molecule has 1 aromatic carbocycles. The van der Waals surface area contributed by atoms with Gasteiger partial charge in [0.05, 0.1) is 12.2 Å². The first-order chi connectivity index (χ1) is 10.6. The zero-order chi connectivity index (χ0) is 15.6. The Hall–Kier alpha value is -2.17. The highest BCUT2D eigenvalue weighted by molar-refractivity contribution is 7.91. The maximum Gasteiger partial charge on any atom is 0.250 e. The van der Waals surface area contributed by atoms with Crippen molar-refractivity contribution in [3.8, 4) is 5.69 Å². The summed E-state index contributed by atoms with van der Waals surface area (Å²) in [6, 6.07) is 8.85. The summed E-state index contributed by atoms with van der Waals surface area (Å²) in [4.78, 5) is 0. The Morgan fingerprint density at radius 1 is 1.27 bits per heavy atom. The number of thiophene rings is 1. The van der Waals surface area contributed by atoms with Gasteiger partial charge in [0.2, 0.25) is 10.0 Å². The van der Waals surface area contributed by atoms with Crippen LogP contribution in [0, 0.1) is 5.82 Å². The molecule has 2 heterocycles. The monoisotopic (exact) mass is 339 g/mol. The summed E-state index contributed by atoms with van der Waals surface area (Å²) in [6.45, 7) is -0.107. The van der Waals surface area contributed by atoms with Crippen molar-refractivity contribution in [1.29, 1.82) is 0 Å². The third kappa shape index (κ3) is 3.03. The SMILES string of the molecule is O=S(=O)(NCc1nnnn1-c1cccc(F)c1)c1cccs1. The van der Waals surface area contributed by atoms with Gasteiger partial charge >= 0.3 is 0 Å². The van der Waals surface area contributed by atoms with E-state index in [-0.39, 0.29) is 16.6 Å². The van der Waals surface area contributed by atoms with E-state index in [0.29, 0.717) is 5.69 Å². The average Bonchev–Trinajstić information content (AvgIpc) is 3.17. The summed E-state index contributed by atoms with van der Waals surface area (Å²) in [5, 5.41) is 12.7. The van der Waals surface area contributed by atoms with Crippen LogP contribution in [0.1, 0.15) is 5.82 Å². The lowest BCUT2D eigenvalue weighted by atomic mass is 10.3. The molecular weight excluding hydrogens is 329 g/mol. The predicted molar refractivity (Wildman–Crippen MR) is 77.5 cm³/mol. The zero-order valence-corrected chi connectivity index (χ0v) is 12.7. The normalized spacial score (nSPS) is 11.7. The standard InChI is InChI=1S/C12H10FN5O2S2/c13-9-3-1-4-10(7-9)18-11(15-16-17-18)8-14-22(19,20)12-5-2-6-21-12/h1-7,14H,8H2. The van der Waals surface area contributed by atoms with Crippen LogP contribution in [0.4, 0.5) is 4.39 Å². The van der Waals surface area contributed by atoms with Gasteiger partial charge in [-0.2, -0.15) is 4.68 Å². The number of nitrogens with zero attached hydrogens (tertiary/aromatic N) is 4. The molecule has 0 aliphatic carbocycles. The number of rotatable bonds is 5. The molecule has 0 fully saturated rings. The summed E-state index contributed by atoms with van der Waals surface area (Å²) in [5.74, 6) is -0.177. The van der Waals surface area contributed by atoms with Crippen LogP contribution in [-0.2, 0) is 16.6 Å². The molecular formula is C12H10FN5O2S2. The maximum atomic E-state index is 13.3. The molecule has 0 aliphatic rings. The average molecular weight is 339 g/mol. The van der Waals surface area contributed by atoms with E-state index in [9.17, 15) is 12.8 Å². The van der Waals surface area contributed by atoms with Gasteiger partial charge in [0.15, 0.2) is 5.82 Å². The second-order valence-corrected chi connectivity index (χ2v) is 7.18. The number of nitrogens with one attached hydrogen (secondary N) is 1. The Balaban J connectivity index is 1.82. The summed E-state index contributed by atoms with van der Waals surface area (Å²) in [6.07, 6.45) is 0. The van der Waals surface area contributed by atoms with Crippen molar-refractivity contribution in [3.05, 3.63) is 53.4 Å². The Labute approximate surface area is 129 Å². The second-order valence-electron chi connectivity index (χ2n) is 4.24. The topological polar surface area (TPSA) is 89.8 Å². The molecule has 1 N–H and O–H groups in total. The fraction of sp³-hybridized carbons (Fsp3) is 0.0833. The van der Waals surface area contributed by atoms with Gasteiger partial charge in [-0.15, -0.1) is 16.4 Å². The molecule has 2 aromatic heterocycles. The lowest BCUT2D eigenvalue weighted by Crippen LogP contribution is -2.24. The van der Waals surface area contributed by atoms with Crippen LogP contribution >= 0.6 is 11.3 Å². The molecule has 22 heavy (non-hydrogen) atoms. The molecule has 0 bridgehead atoms. The van der Waals surface area contributed by atoms with Crippen LogP contribution in [0.2, 0.25) is 0 Å². The van der Waals surface area contributed by atoms with E-state index < -0.39 is 15.8 Å². The minimum atomic E-state index is -3.61. The first-order valence-corrected chi connectivity index (χ1v) is 8.49. The Morgan fingerprint density at radius 3 is 2.86 bits per heavy atom. The van der Waals surface area contributed by atoms with Crippen LogP contribution in [-0.4, -0.2) is 28.6 Å². The van der Waals surface area contributed by atoms with Gasteiger partial charge in [-0.1, -0.05) is 12.1 Å². The number of sulfonamides is 1. The summed E-state index contributed by atoms with van der Waals surface area (Å²) >= 11 is 1.11. The number of benzene rings is 1. The molecule has 0 saturated carbocycles. The molecule has 0 spiro atoms. The van der Waals surface area contributed by atoms with Crippen LogP contribution in [0.5, 0.6) is 0 Å². The lowest BCUT2D eigenvalue weighted by Gasteiger charge is -2.06. The molecule has 3 aromatic rings. The number of hydrogen-bond donors (Lipinski definition) is 1. The van der Waals surface area contributed by atoms with Crippen molar-refractivity contribution in [2.45, 2.75) is 10.8 Å². The van der Waals surface area contributed by atoms with Crippen LogP contribution < -0.4 is 4.72 Å². The predicted octanol–water partition coefficient (Wildman–Crippen LogP) is 1.34. The van der Waals surface area contributed by atoms with Gasteiger partial charge < -0.3 is 0 Å². The molecule has 10 heteroatoms. The molecule has 0 amide bonds. The summed E-state index contributed by atoms with van der Waals surface area (Å²) in [5.41, 5.74) is 0.412. The molecule has 7 nitrogen and oxygen atoms in total. The molecule has 0 aliphatic heterocycles. The maximum absolute atomic E-state index is 13.3.